The van der Waals surface area contributed by atoms with Gasteiger partial charge in [-0.3, -0.25) is 4.57 Å². The van der Waals surface area contributed by atoms with Crippen LogP contribution in [0.25, 0.3) is 11.2 Å². The minimum absolute atomic E-state index is 0.185. The molecule has 0 aliphatic rings. The van der Waals surface area contributed by atoms with Gasteiger partial charge < -0.3 is 19.8 Å². The van der Waals surface area contributed by atoms with E-state index in [1.807, 2.05) is 18.5 Å². The fourth-order valence-electron chi connectivity index (χ4n) is 2.47. The Bertz CT molecular complexity index is 675. The summed E-state index contributed by atoms with van der Waals surface area (Å²) in [5.41, 5.74) is 2.31. The van der Waals surface area contributed by atoms with Gasteiger partial charge in [0.05, 0.1) is 23.5 Å². The van der Waals surface area contributed by atoms with E-state index in [-0.39, 0.29) is 19.9 Å². The van der Waals surface area contributed by atoms with Gasteiger partial charge in [-0.1, -0.05) is 13.3 Å². The molecule has 0 saturated heterocycles. The Hall–Kier alpha value is -1.55. The highest BCUT2D eigenvalue weighted by molar-refractivity contribution is 6.29. The first-order valence-corrected chi connectivity index (χ1v) is 9.27. The van der Waals surface area contributed by atoms with Crippen molar-refractivity contribution >= 4 is 32.7 Å². The van der Waals surface area contributed by atoms with Crippen molar-refractivity contribution in [1.29, 1.82) is 0 Å². The zero-order valence-electron chi connectivity index (χ0n) is 14.9. The standard InChI is InChI=1S/C15H27N5O3Si/c1-4-5-6-19(3)13-12-14(18-15(24)17-13)20(10(2)16-12)9-23-11(7-21)8-22/h11,21-22H,4-9H2,1-3,24H3. The predicted octanol–water partition coefficient (Wildman–Crippen LogP) is -1.31. The highest BCUT2D eigenvalue weighted by atomic mass is 28.1. The molecule has 134 valence electrons. The predicted molar refractivity (Wildman–Crippen MR) is 96.9 cm³/mol. The summed E-state index contributed by atoms with van der Waals surface area (Å²) in [6.45, 7) is 4.70. The number of aliphatic hydroxyl groups is 2. The molecule has 0 aliphatic heterocycles. The molecule has 0 atom stereocenters. The largest absolute Gasteiger partial charge is 0.394 e. The summed E-state index contributed by atoms with van der Waals surface area (Å²) < 4.78 is 7.39. The summed E-state index contributed by atoms with van der Waals surface area (Å²) in [7, 11) is 2.77. The molecular formula is C15H27N5O3Si. The molecule has 9 heteroatoms. The van der Waals surface area contributed by atoms with Crippen molar-refractivity contribution < 1.29 is 14.9 Å². The lowest BCUT2D eigenvalue weighted by molar-refractivity contribution is -0.0493. The van der Waals surface area contributed by atoms with E-state index in [1.165, 1.54) is 0 Å². The van der Waals surface area contributed by atoms with Gasteiger partial charge in [-0.2, -0.15) is 0 Å². The van der Waals surface area contributed by atoms with Crippen molar-refractivity contribution in [3.8, 4) is 0 Å². The lowest BCUT2D eigenvalue weighted by atomic mass is 10.3. The van der Waals surface area contributed by atoms with Gasteiger partial charge in [0.2, 0.25) is 0 Å². The third-order valence-corrected chi connectivity index (χ3v) is 4.38. The lowest BCUT2D eigenvalue weighted by Gasteiger charge is -2.18. The second-order valence-electron chi connectivity index (χ2n) is 5.91. The molecule has 2 heterocycles. The Kier molecular flexibility index (Phi) is 6.66. The monoisotopic (exact) mass is 353 g/mol. The van der Waals surface area contributed by atoms with Gasteiger partial charge in [-0.25, -0.2) is 15.0 Å². The van der Waals surface area contributed by atoms with E-state index in [9.17, 15) is 0 Å². The summed E-state index contributed by atoms with van der Waals surface area (Å²) >= 11 is 0. The Labute approximate surface area is 144 Å². The lowest BCUT2D eigenvalue weighted by Crippen LogP contribution is -2.26. The number of nitrogens with zero attached hydrogens (tertiary/aromatic N) is 5. The summed E-state index contributed by atoms with van der Waals surface area (Å²) in [4.78, 5) is 15.9. The maximum atomic E-state index is 9.14. The number of ether oxygens (including phenoxy) is 1. The molecule has 2 N–H and O–H groups in total. The molecule has 2 aromatic rings. The van der Waals surface area contributed by atoms with E-state index in [0.29, 0.717) is 0 Å². The van der Waals surface area contributed by atoms with Crippen LogP contribution in [0.2, 0.25) is 0 Å². The summed E-state index contributed by atoms with van der Waals surface area (Å²) in [6, 6.07) is 0. The molecule has 0 saturated carbocycles. The normalized spacial score (nSPS) is 11.8. The van der Waals surface area contributed by atoms with Gasteiger partial charge in [-0.05, 0) is 13.3 Å². The van der Waals surface area contributed by atoms with Gasteiger partial charge in [0.15, 0.2) is 17.0 Å². The van der Waals surface area contributed by atoms with Crippen molar-refractivity contribution in [2.45, 2.75) is 39.5 Å². The fraction of sp³-hybridized carbons (Fsp3) is 0.667. The molecule has 2 rings (SSSR count). The van der Waals surface area contributed by atoms with Crippen LogP contribution < -0.4 is 10.3 Å². The number of hydrogen-bond acceptors (Lipinski definition) is 7. The third-order valence-electron chi connectivity index (χ3n) is 3.93. The van der Waals surface area contributed by atoms with Crippen molar-refractivity contribution in [2.75, 3.05) is 31.7 Å². The van der Waals surface area contributed by atoms with Crippen LogP contribution in [-0.2, 0) is 11.5 Å². The second-order valence-corrected chi connectivity index (χ2v) is 6.81. The zero-order valence-corrected chi connectivity index (χ0v) is 16.9. The van der Waals surface area contributed by atoms with Crippen LogP contribution in [0, 0.1) is 6.92 Å². The maximum Gasteiger partial charge on any atom is 0.167 e. The van der Waals surface area contributed by atoms with E-state index in [2.05, 4.69) is 26.8 Å². The molecule has 0 radical (unpaired) electrons. The number of aliphatic hydroxyl groups excluding tert-OH is 2. The molecule has 24 heavy (non-hydrogen) atoms. The van der Waals surface area contributed by atoms with Gasteiger partial charge in [-0.15, -0.1) is 0 Å². The van der Waals surface area contributed by atoms with E-state index in [0.717, 1.165) is 57.9 Å². The molecule has 8 nitrogen and oxygen atoms in total. The van der Waals surface area contributed by atoms with Gasteiger partial charge in [0, 0.05) is 13.6 Å². The summed E-state index contributed by atoms with van der Waals surface area (Å²) in [5.74, 6) is 1.62. The van der Waals surface area contributed by atoms with Crippen LogP contribution in [0.3, 0.4) is 0 Å². The molecule has 0 aliphatic carbocycles. The fourth-order valence-corrected chi connectivity index (χ4v) is 2.89. The highest BCUT2D eigenvalue weighted by Gasteiger charge is 2.18. The van der Waals surface area contributed by atoms with E-state index >= 15 is 0 Å². The number of fused-ring (bicyclic) bond motifs is 1. The van der Waals surface area contributed by atoms with Crippen molar-refractivity contribution in [3.63, 3.8) is 0 Å². The molecule has 2 aromatic heterocycles. The third kappa shape index (κ3) is 4.10. The SMILES string of the molecule is CCCCN(C)c1nc([SiH3])nc2c1nc(C)n2COC(CO)CO. The first-order chi connectivity index (χ1) is 11.5. The number of rotatable bonds is 9. The number of hydrogen-bond donors (Lipinski definition) is 2. The number of imidazole rings is 1. The molecule has 0 spiro atoms. The van der Waals surface area contributed by atoms with Crippen LogP contribution in [0.1, 0.15) is 25.6 Å². The van der Waals surface area contributed by atoms with Crippen LogP contribution in [-0.4, -0.2) is 72.9 Å². The average molecular weight is 353 g/mol. The highest BCUT2D eigenvalue weighted by Crippen LogP contribution is 2.22. The molecule has 0 aromatic carbocycles. The first-order valence-electron chi connectivity index (χ1n) is 8.27. The van der Waals surface area contributed by atoms with Gasteiger partial charge >= 0.3 is 0 Å². The number of aryl methyl sites for hydroxylation is 1. The van der Waals surface area contributed by atoms with Crippen LogP contribution >= 0.6 is 0 Å². The molecular weight excluding hydrogens is 326 g/mol. The zero-order chi connectivity index (χ0) is 17.7. The quantitative estimate of drug-likeness (QED) is 0.540. The van der Waals surface area contributed by atoms with Crippen molar-refractivity contribution in [2.24, 2.45) is 0 Å². The molecule has 0 amide bonds. The van der Waals surface area contributed by atoms with Crippen LogP contribution in [0.5, 0.6) is 0 Å². The van der Waals surface area contributed by atoms with Crippen molar-refractivity contribution in [3.05, 3.63) is 5.82 Å². The number of anilines is 1. The van der Waals surface area contributed by atoms with E-state index in [4.69, 9.17) is 14.9 Å². The summed E-state index contributed by atoms with van der Waals surface area (Å²) in [5, 5.41) is 18.3. The Balaban J connectivity index is 2.37. The minimum atomic E-state index is -0.606. The van der Waals surface area contributed by atoms with Gasteiger partial charge in [0.1, 0.15) is 24.1 Å². The second kappa shape index (κ2) is 8.52. The molecule has 0 fully saturated rings. The van der Waals surface area contributed by atoms with E-state index in [1.54, 1.807) is 0 Å². The Morgan fingerprint density at radius 1 is 1.25 bits per heavy atom. The Morgan fingerprint density at radius 2 is 1.96 bits per heavy atom. The molecule has 0 unspecified atom stereocenters. The summed E-state index contributed by atoms with van der Waals surface area (Å²) in [6.07, 6.45) is 1.61. The number of aromatic nitrogens is 4. The smallest absolute Gasteiger partial charge is 0.167 e. The van der Waals surface area contributed by atoms with Crippen LogP contribution in [0.4, 0.5) is 5.82 Å². The maximum absolute atomic E-state index is 9.14. The van der Waals surface area contributed by atoms with E-state index < -0.39 is 6.10 Å². The first kappa shape index (κ1) is 18.8. The average Bonchev–Trinajstić information content (AvgIpc) is 2.88. The number of unbranched alkanes of at least 4 members (excludes halogenated alkanes) is 1. The Morgan fingerprint density at radius 3 is 2.58 bits per heavy atom. The minimum Gasteiger partial charge on any atom is -0.394 e. The van der Waals surface area contributed by atoms with Gasteiger partial charge in [0.25, 0.3) is 0 Å². The van der Waals surface area contributed by atoms with Crippen LogP contribution in [0.15, 0.2) is 0 Å². The molecule has 0 bridgehead atoms. The van der Waals surface area contributed by atoms with Crippen molar-refractivity contribution in [1.82, 2.24) is 19.5 Å². The topological polar surface area (TPSA) is 96.5 Å².